The second kappa shape index (κ2) is 5.39. The molecule has 9 nitrogen and oxygen atoms in total. The second-order valence-electron chi connectivity index (χ2n) is 3.58. The monoisotopic (exact) mass is 330 g/mol. The van der Waals surface area contributed by atoms with E-state index in [-0.39, 0.29) is 12.1 Å². The van der Waals surface area contributed by atoms with Crippen LogP contribution in [0, 0.1) is 20.2 Å². The van der Waals surface area contributed by atoms with Crippen LogP contribution in [0.1, 0.15) is 5.56 Å². The average molecular weight is 330 g/mol. The number of rotatable bonds is 4. The van der Waals surface area contributed by atoms with Crippen molar-refractivity contribution in [2.24, 2.45) is 0 Å². The lowest BCUT2D eigenvalue weighted by molar-refractivity contribution is -0.392. The molecule has 0 spiro atoms. The maximum Gasteiger partial charge on any atom is 0.416 e. The zero-order valence-electron chi connectivity index (χ0n) is 10.0. The van der Waals surface area contributed by atoms with E-state index in [0.29, 0.717) is 7.11 Å². The molecule has 0 amide bonds. The van der Waals surface area contributed by atoms with Crippen LogP contribution in [-0.4, -0.2) is 21.8 Å². The summed E-state index contributed by atoms with van der Waals surface area (Å²) >= 11 is 0. The van der Waals surface area contributed by atoms with E-state index in [9.17, 15) is 42.9 Å². The van der Waals surface area contributed by atoms with Crippen molar-refractivity contribution in [2.75, 3.05) is 7.11 Å². The lowest BCUT2D eigenvalue weighted by Gasteiger charge is -2.12. The van der Waals surface area contributed by atoms with E-state index in [1.807, 2.05) is 0 Å². The number of nitrogens with zero attached hydrogens (tertiary/aromatic N) is 2. The molecule has 0 saturated carbocycles. The molecule has 0 aromatic heterocycles. The Kier molecular flexibility index (Phi) is 4.37. The van der Waals surface area contributed by atoms with Gasteiger partial charge in [-0.2, -0.15) is 13.2 Å². The van der Waals surface area contributed by atoms with Gasteiger partial charge in [0.25, 0.3) is 11.4 Å². The molecule has 0 aliphatic rings. The first-order valence-electron chi connectivity index (χ1n) is 4.85. The van der Waals surface area contributed by atoms with Crippen LogP contribution < -0.4 is 5.30 Å². The minimum absolute atomic E-state index is 0.0653. The summed E-state index contributed by atoms with van der Waals surface area (Å²) in [6, 6.07) is -0.131. The van der Waals surface area contributed by atoms with Gasteiger partial charge in [-0.15, -0.1) is 0 Å². The van der Waals surface area contributed by atoms with Crippen LogP contribution in [0.15, 0.2) is 12.1 Å². The van der Waals surface area contributed by atoms with E-state index in [1.165, 1.54) is 0 Å². The molecule has 13 heteroatoms. The Morgan fingerprint density at radius 3 is 1.81 bits per heavy atom. The minimum atomic E-state index is -5.11. The molecular formula is C8H6F3N2O7P. The third kappa shape index (κ3) is 3.35. The minimum Gasteiger partial charge on any atom is -0.321 e. The van der Waals surface area contributed by atoms with Gasteiger partial charge < -0.3 is 9.42 Å². The van der Waals surface area contributed by atoms with Crippen LogP contribution in [0.2, 0.25) is 0 Å². The van der Waals surface area contributed by atoms with Gasteiger partial charge in [0.15, 0.2) is 0 Å². The fourth-order valence-electron chi connectivity index (χ4n) is 1.43. The SMILES string of the molecule is COP(=O)(O)c1c([N+](=O)[O-])cc(C(F)(F)F)cc1[N+](=O)[O-]. The predicted molar refractivity (Wildman–Crippen MR) is 61.2 cm³/mol. The summed E-state index contributed by atoms with van der Waals surface area (Å²) in [6.07, 6.45) is -5.11. The van der Waals surface area contributed by atoms with Crippen molar-refractivity contribution < 1.29 is 37.0 Å². The highest BCUT2D eigenvalue weighted by molar-refractivity contribution is 7.62. The lowest BCUT2D eigenvalue weighted by Crippen LogP contribution is -2.19. The average Bonchev–Trinajstić information content (AvgIpc) is 2.35. The zero-order chi connectivity index (χ0) is 16.6. The third-order valence-corrected chi connectivity index (χ3v) is 3.84. The van der Waals surface area contributed by atoms with Crippen molar-refractivity contribution in [1.29, 1.82) is 0 Å². The predicted octanol–water partition coefficient (Wildman–Crippen LogP) is 1.98. The number of alkyl halides is 3. The van der Waals surface area contributed by atoms with Gasteiger partial charge in [0.1, 0.15) is 0 Å². The van der Waals surface area contributed by atoms with E-state index in [2.05, 4.69) is 4.52 Å². The summed E-state index contributed by atoms with van der Waals surface area (Å²) < 4.78 is 53.4. The van der Waals surface area contributed by atoms with E-state index < -0.39 is 45.9 Å². The molecule has 21 heavy (non-hydrogen) atoms. The van der Waals surface area contributed by atoms with Crippen LogP contribution in [0.3, 0.4) is 0 Å². The van der Waals surface area contributed by atoms with E-state index in [1.54, 1.807) is 0 Å². The lowest BCUT2D eigenvalue weighted by atomic mass is 10.1. The summed E-state index contributed by atoms with van der Waals surface area (Å²) in [5.74, 6) is 0. The Morgan fingerprint density at radius 2 is 1.57 bits per heavy atom. The van der Waals surface area contributed by atoms with E-state index >= 15 is 0 Å². The van der Waals surface area contributed by atoms with Crippen LogP contribution in [0.4, 0.5) is 24.5 Å². The largest absolute Gasteiger partial charge is 0.416 e. The van der Waals surface area contributed by atoms with Gasteiger partial charge in [-0.25, -0.2) is 0 Å². The Morgan fingerprint density at radius 1 is 1.19 bits per heavy atom. The fourth-order valence-corrected chi connectivity index (χ4v) is 2.48. The van der Waals surface area contributed by atoms with Crippen LogP contribution >= 0.6 is 7.60 Å². The highest BCUT2D eigenvalue weighted by Gasteiger charge is 2.44. The maximum atomic E-state index is 12.6. The van der Waals surface area contributed by atoms with Crippen LogP contribution in [-0.2, 0) is 15.3 Å². The molecule has 0 fully saturated rings. The number of benzene rings is 1. The molecule has 0 saturated heterocycles. The molecule has 0 heterocycles. The second-order valence-corrected chi connectivity index (χ2v) is 5.43. The smallest absolute Gasteiger partial charge is 0.321 e. The van der Waals surface area contributed by atoms with Gasteiger partial charge in [-0.3, -0.25) is 24.8 Å². The summed E-state index contributed by atoms with van der Waals surface area (Å²) in [4.78, 5) is 28.1. The van der Waals surface area contributed by atoms with Gasteiger partial charge in [0, 0.05) is 19.2 Å². The molecule has 1 N–H and O–H groups in total. The van der Waals surface area contributed by atoms with E-state index in [0.717, 1.165) is 0 Å². The van der Waals surface area contributed by atoms with Gasteiger partial charge in [-0.05, 0) is 0 Å². The number of nitro benzene ring substituents is 2. The molecule has 116 valence electrons. The first-order chi connectivity index (χ1) is 9.41. The number of nitro groups is 2. The van der Waals surface area contributed by atoms with Crippen molar-refractivity contribution in [2.45, 2.75) is 6.18 Å². The van der Waals surface area contributed by atoms with Gasteiger partial charge in [0.2, 0.25) is 5.30 Å². The van der Waals surface area contributed by atoms with Crippen molar-refractivity contribution >= 4 is 24.3 Å². The third-order valence-electron chi connectivity index (χ3n) is 2.32. The van der Waals surface area contributed by atoms with E-state index in [4.69, 9.17) is 0 Å². The van der Waals surface area contributed by atoms with Gasteiger partial charge in [0.05, 0.1) is 15.4 Å². The summed E-state index contributed by atoms with van der Waals surface area (Å²) in [6.45, 7) is 0. The molecule has 0 radical (unpaired) electrons. The Balaban J connectivity index is 3.90. The molecule has 0 aliphatic carbocycles. The molecular weight excluding hydrogens is 324 g/mol. The van der Waals surface area contributed by atoms with Crippen molar-refractivity contribution in [3.05, 3.63) is 37.9 Å². The molecule has 1 aromatic rings. The molecule has 1 aromatic carbocycles. The maximum absolute atomic E-state index is 12.6. The molecule has 0 aliphatic heterocycles. The Labute approximate surface area is 113 Å². The number of hydrogen-bond acceptors (Lipinski definition) is 6. The highest BCUT2D eigenvalue weighted by Crippen LogP contribution is 2.47. The molecule has 0 bridgehead atoms. The Hall–Kier alpha value is -2.04. The highest BCUT2D eigenvalue weighted by atomic mass is 31.2. The summed E-state index contributed by atoms with van der Waals surface area (Å²) in [5.41, 5.74) is -4.74. The first-order valence-corrected chi connectivity index (χ1v) is 6.42. The quantitative estimate of drug-likeness (QED) is 0.507. The summed E-state index contributed by atoms with van der Waals surface area (Å²) in [5, 5.41) is 20.1. The number of halogens is 3. The van der Waals surface area contributed by atoms with Crippen molar-refractivity contribution in [3.63, 3.8) is 0 Å². The normalized spacial score (nSPS) is 14.5. The molecule has 1 atom stereocenters. The van der Waals surface area contributed by atoms with Crippen molar-refractivity contribution in [3.8, 4) is 0 Å². The number of hydrogen-bond donors (Lipinski definition) is 1. The zero-order valence-corrected chi connectivity index (χ0v) is 10.9. The standard InChI is InChI=1S/C8H6F3N2O7P/c1-20-21(18,19)7-5(12(14)15)2-4(8(9,10)11)3-6(7)13(16)17/h2-3H,1H3,(H,18,19). The van der Waals surface area contributed by atoms with Crippen molar-refractivity contribution in [1.82, 2.24) is 0 Å². The summed E-state index contributed by atoms with van der Waals surface area (Å²) in [7, 11) is -4.40. The fraction of sp³-hybridized carbons (Fsp3) is 0.250. The van der Waals surface area contributed by atoms with Crippen LogP contribution in [0.25, 0.3) is 0 Å². The molecule has 1 rings (SSSR count). The van der Waals surface area contributed by atoms with Gasteiger partial charge >= 0.3 is 13.8 Å². The van der Waals surface area contributed by atoms with Gasteiger partial charge in [-0.1, -0.05) is 0 Å². The molecule has 1 unspecified atom stereocenters. The first kappa shape index (κ1) is 17.0. The Bertz CT molecular complexity index is 625. The topological polar surface area (TPSA) is 133 Å². The van der Waals surface area contributed by atoms with Crippen LogP contribution in [0.5, 0.6) is 0 Å².